The number of alkyl halides is 3. The summed E-state index contributed by atoms with van der Waals surface area (Å²) in [5, 5.41) is 19.1. The molecule has 0 saturated heterocycles. The van der Waals surface area contributed by atoms with Crippen molar-refractivity contribution in [2.24, 2.45) is 5.10 Å². The molecule has 9 nitrogen and oxygen atoms in total. The van der Waals surface area contributed by atoms with Crippen LogP contribution in [0.4, 0.5) is 36.7 Å². The maximum atomic E-state index is 12.9. The number of benzene rings is 2. The first-order valence-corrected chi connectivity index (χ1v) is 8.82. The summed E-state index contributed by atoms with van der Waals surface area (Å²) in [4.78, 5) is 12.3. The highest BCUT2D eigenvalue weighted by atomic mass is 19.4. The summed E-state index contributed by atoms with van der Waals surface area (Å²) >= 11 is 0. The van der Waals surface area contributed by atoms with Crippen molar-refractivity contribution in [1.29, 1.82) is 0 Å². The molecule has 0 spiro atoms. The summed E-state index contributed by atoms with van der Waals surface area (Å²) in [5.41, 5.74) is 2.62. The number of hydrazone groups is 1. The fourth-order valence-corrected chi connectivity index (χ4v) is 2.44. The van der Waals surface area contributed by atoms with E-state index in [4.69, 9.17) is 4.74 Å². The summed E-state index contributed by atoms with van der Waals surface area (Å²) < 4.78 is 43.8. The van der Waals surface area contributed by atoms with Crippen molar-refractivity contribution in [3.8, 4) is 11.5 Å². The van der Waals surface area contributed by atoms with E-state index in [0.29, 0.717) is 5.56 Å². The van der Waals surface area contributed by atoms with Crippen LogP contribution in [0.2, 0.25) is 0 Å². The van der Waals surface area contributed by atoms with Crippen molar-refractivity contribution in [3.05, 3.63) is 53.6 Å². The summed E-state index contributed by atoms with van der Waals surface area (Å²) in [6, 6.07) is 9.31. The minimum atomic E-state index is -4.47. The van der Waals surface area contributed by atoms with Crippen LogP contribution in [0.5, 0.6) is 11.5 Å². The van der Waals surface area contributed by atoms with E-state index in [0.717, 1.165) is 12.1 Å². The fraction of sp³-hybridized carbons (Fsp3) is 0.158. The molecule has 0 bridgehead atoms. The highest BCUT2D eigenvalue weighted by molar-refractivity contribution is 5.81. The molecule has 0 radical (unpaired) electrons. The van der Waals surface area contributed by atoms with Crippen molar-refractivity contribution in [1.82, 2.24) is 15.0 Å². The molecule has 0 amide bonds. The molecule has 0 aliphatic rings. The second kappa shape index (κ2) is 9.15. The molecule has 162 valence electrons. The van der Waals surface area contributed by atoms with Crippen molar-refractivity contribution in [2.75, 3.05) is 30.2 Å². The summed E-state index contributed by atoms with van der Waals surface area (Å²) in [7, 11) is 3.01. The molecule has 2 aromatic carbocycles. The minimum absolute atomic E-state index is 0.00551. The lowest BCUT2D eigenvalue weighted by Gasteiger charge is -2.11. The number of ether oxygens (including phenoxy) is 1. The normalized spacial score (nSPS) is 11.4. The number of methoxy groups -OCH3 is 1. The van der Waals surface area contributed by atoms with Gasteiger partial charge in [-0.2, -0.15) is 33.2 Å². The van der Waals surface area contributed by atoms with E-state index in [1.54, 1.807) is 19.2 Å². The number of hydrogen-bond donors (Lipinski definition) is 4. The molecule has 0 saturated carbocycles. The smallest absolute Gasteiger partial charge is 0.416 e. The Balaban J connectivity index is 1.78. The number of halogens is 3. The molecule has 12 heteroatoms. The number of phenolic OH excluding ortho intramolecular Hbond substituents is 1. The molecule has 0 aliphatic carbocycles. The van der Waals surface area contributed by atoms with Crippen LogP contribution in [0.25, 0.3) is 0 Å². The van der Waals surface area contributed by atoms with Crippen LogP contribution in [-0.2, 0) is 6.18 Å². The summed E-state index contributed by atoms with van der Waals surface area (Å²) in [6.07, 6.45) is -3.02. The third-order valence-electron chi connectivity index (χ3n) is 3.89. The first-order chi connectivity index (χ1) is 14.8. The van der Waals surface area contributed by atoms with E-state index in [9.17, 15) is 18.3 Å². The lowest BCUT2D eigenvalue weighted by Crippen LogP contribution is -2.08. The van der Waals surface area contributed by atoms with Gasteiger partial charge in [-0.25, -0.2) is 5.43 Å². The zero-order valence-electron chi connectivity index (χ0n) is 16.4. The molecule has 4 N–H and O–H groups in total. The average molecular weight is 433 g/mol. The Hall–Kier alpha value is -4.09. The number of nitrogens with zero attached hydrogens (tertiary/aromatic N) is 4. The number of aromatic hydroxyl groups is 1. The molecule has 3 aromatic rings. The Morgan fingerprint density at radius 3 is 2.48 bits per heavy atom. The van der Waals surface area contributed by atoms with Crippen LogP contribution >= 0.6 is 0 Å². The van der Waals surface area contributed by atoms with E-state index in [1.165, 1.54) is 31.5 Å². The van der Waals surface area contributed by atoms with Crippen LogP contribution in [0.15, 0.2) is 47.6 Å². The number of hydrogen-bond acceptors (Lipinski definition) is 9. The van der Waals surface area contributed by atoms with Gasteiger partial charge in [-0.05, 0) is 42.0 Å². The van der Waals surface area contributed by atoms with Crippen LogP contribution < -0.4 is 20.8 Å². The van der Waals surface area contributed by atoms with Gasteiger partial charge < -0.3 is 20.5 Å². The van der Waals surface area contributed by atoms with E-state index in [1.807, 2.05) is 0 Å². The molecule has 0 aliphatic heterocycles. The van der Waals surface area contributed by atoms with Gasteiger partial charge in [0.15, 0.2) is 11.5 Å². The Labute approximate surface area is 175 Å². The van der Waals surface area contributed by atoms with E-state index in [2.05, 4.69) is 36.1 Å². The third-order valence-corrected chi connectivity index (χ3v) is 3.89. The van der Waals surface area contributed by atoms with Gasteiger partial charge in [0.05, 0.1) is 18.9 Å². The lowest BCUT2D eigenvalue weighted by molar-refractivity contribution is -0.137. The maximum Gasteiger partial charge on any atom is 0.416 e. The molecular formula is C19H18F3N7O2. The minimum Gasteiger partial charge on any atom is -0.504 e. The van der Waals surface area contributed by atoms with Gasteiger partial charge >= 0.3 is 6.18 Å². The van der Waals surface area contributed by atoms with E-state index < -0.39 is 11.7 Å². The van der Waals surface area contributed by atoms with Crippen molar-refractivity contribution >= 4 is 29.7 Å². The van der Waals surface area contributed by atoms with Crippen LogP contribution in [-0.4, -0.2) is 40.4 Å². The second-order valence-electron chi connectivity index (χ2n) is 6.06. The molecule has 0 unspecified atom stereocenters. The fourth-order valence-electron chi connectivity index (χ4n) is 2.44. The summed E-state index contributed by atoms with van der Waals surface area (Å²) in [6.45, 7) is 0. The topological polar surface area (TPSA) is 117 Å². The maximum absolute atomic E-state index is 12.9. The zero-order chi connectivity index (χ0) is 22.4. The predicted octanol–water partition coefficient (Wildman–Crippen LogP) is 3.84. The zero-order valence-corrected chi connectivity index (χ0v) is 16.4. The Morgan fingerprint density at radius 1 is 1.03 bits per heavy atom. The molecule has 0 fully saturated rings. The van der Waals surface area contributed by atoms with Gasteiger partial charge in [0.1, 0.15) is 0 Å². The Kier molecular flexibility index (Phi) is 6.38. The molecule has 1 heterocycles. The molecule has 31 heavy (non-hydrogen) atoms. The highest BCUT2D eigenvalue weighted by Crippen LogP contribution is 2.31. The van der Waals surface area contributed by atoms with E-state index >= 15 is 0 Å². The van der Waals surface area contributed by atoms with Crippen molar-refractivity contribution in [2.45, 2.75) is 6.18 Å². The number of rotatable bonds is 7. The Morgan fingerprint density at radius 2 is 1.77 bits per heavy atom. The van der Waals surface area contributed by atoms with Gasteiger partial charge in [0.25, 0.3) is 0 Å². The molecule has 1 aromatic heterocycles. The summed E-state index contributed by atoms with van der Waals surface area (Å²) in [5.74, 6) is 0.523. The monoisotopic (exact) mass is 433 g/mol. The number of nitrogens with one attached hydrogen (secondary N) is 3. The van der Waals surface area contributed by atoms with E-state index in [-0.39, 0.29) is 35.0 Å². The molecule has 0 atom stereocenters. The first-order valence-electron chi connectivity index (χ1n) is 8.82. The largest absolute Gasteiger partial charge is 0.504 e. The second-order valence-corrected chi connectivity index (χ2v) is 6.06. The Bertz CT molecular complexity index is 1090. The third kappa shape index (κ3) is 5.72. The standard InChI is InChI=1S/C19H18F3N7O2/c1-23-16-26-17(25-13-5-3-4-12(9-13)19(20,21)22)28-18(27-16)29-24-10-11-6-7-14(30)15(8-11)31-2/h3-10,30H,1-2H3,(H3,23,25,26,27,28,29)/b24-10-. The van der Waals surface area contributed by atoms with Crippen LogP contribution in [0.1, 0.15) is 11.1 Å². The van der Waals surface area contributed by atoms with Crippen molar-refractivity contribution < 1.29 is 23.0 Å². The predicted molar refractivity (Wildman–Crippen MR) is 110 cm³/mol. The lowest BCUT2D eigenvalue weighted by atomic mass is 10.2. The van der Waals surface area contributed by atoms with Crippen molar-refractivity contribution in [3.63, 3.8) is 0 Å². The first kappa shape index (κ1) is 21.6. The van der Waals surface area contributed by atoms with Gasteiger partial charge in [0, 0.05) is 12.7 Å². The number of aromatic nitrogens is 3. The number of phenols is 1. The van der Waals surface area contributed by atoms with Gasteiger partial charge in [-0.3, -0.25) is 0 Å². The molecule has 3 rings (SSSR count). The van der Waals surface area contributed by atoms with Gasteiger partial charge in [-0.1, -0.05) is 6.07 Å². The van der Waals surface area contributed by atoms with Gasteiger partial charge in [-0.15, -0.1) is 0 Å². The quantitative estimate of drug-likeness (QED) is 0.328. The average Bonchev–Trinajstić information content (AvgIpc) is 2.74. The van der Waals surface area contributed by atoms with Gasteiger partial charge in [0.2, 0.25) is 17.8 Å². The highest BCUT2D eigenvalue weighted by Gasteiger charge is 2.30. The number of anilines is 4. The van der Waals surface area contributed by atoms with Crippen LogP contribution in [0.3, 0.4) is 0 Å². The molecular weight excluding hydrogens is 415 g/mol. The van der Waals surface area contributed by atoms with Crippen LogP contribution in [0, 0.1) is 0 Å². The SMILES string of the molecule is CNc1nc(N/N=C\c2ccc(O)c(OC)c2)nc(Nc2cccc(C(F)(F)F)c2)n1.